The molecule has 0 saturated carbocycles. The highest BCUT2D eigenvalue weighted by atomic mass is 19.3. The Morgan fingerprint density at radius 1 is 1.16 bits per heavy atom. The van der Waals surface area contributed by atoms with Crippen LogP contribution in [0.25, 0.3) is 0 Å². The Bertz CT molecular complexity index is 651. The SMILES string of the molecule is COc1cc2c(cc1OC)CN(C(=O)CN1CCCC(F)(F)C1)CC2. The average molecular weight is 354 g/mol. The number of alkyl halides is 2. The minimum Gasteiger partial charge on any atom is -0.493 e. The van der Waals surface area contributed by atoms with Crippen molar-refractivity contribution in [2.75, 3.05) is 40.4 Å². The topological polar surface area (TPSA) is 42.0 Å². The van der Waals surface area contributed by atoms with Gasteiger partial charge >= 0.3 is 0 Å². The van der Waals surface area contributed by atoms with Gasteiger partial charge < -0.3 is 14.4 Å². The number of carbonyl (C=O) groups is 1. The number of benzene rings is 1. The van der Waals surface area contributed by atoms with Crippen LogP contribution in [0, 0.1) is 0 Å². The monoisotopic (exact) mass is 354 g/mol. The third kappa shape index (κ3) is 4.03. The van der Waals surface area contributed by atoms with E-state index in [9.17, 15) is 13.6 Å². The molecule has 1 aromatic carbocycles. The minimum atomic E-state index is -2.68. The summed E-state index contributed by atoms with van der Waals surface area (Å²) in [7, 11) is 3.17. The predicted octanol–water partition coefficient (Wildman–Crippen LogP) is 2.32. The van der Waals surface area contributed by atoms with Crippen LogP contribution in [-0.4, -0.2) is 62.0 Å². The van der Waals surface area contributed by atoms with Gasteiger partial charge in [0, 0.05) is 19.5 Å². The summed E-state index contributed by atoms with van der Waals surface area (Å²) in [4.78, 5) is 15.9. The Labute approximate surface area is 146 Å². The van der Waals surface area contributed by atoms with Gasteiger partial charge in [0.1, 0.15) is 0 Å². The van der Waals surface area contributed by atoms with Crippen molar-refractivity contribution >= 4 is 5.91 Å². The second-order valence-electron chi connectivity index (χ2n) is 6.71. The van der Waals surface area contributed by atoms with Crippen LogP contribution in [0.2, 0.25) is 0 Å². The molecule has 0 unspecified atom stereocenters. The molecule has 3 rings (SSSR count). The second-order valence-corrected chi connectivity index (χ2v) is 6.71. The first-order chi connectivity index (χ1) is 11.9. The van der Waals surface area contributed by atoms with Gasteiger partial charge in [-0.1, -0.05) is 0 Å². The summed E-state index contributed by atoms with van der Waals surface area (Å²) >= 11 is 0. The average Bonchev–Trinajstić information content (AvgIpc) is 2.59. The lowest BCUT2D eigenvalue weighted by Crippen LogP contribution is -2.48. The molecule has 1 amide bonds. The van der Waals surface area contributed by atoms with E-state index < -0.39 is 5.92 Å². The van der Waals surface area contributed by atoms with Crippen molar-refractivity contribution in [2.45, 2.75) is 31.7 Å². The van der Waals surface area contributed by atoms with Crippen LogP contribution in [0.15, 0.2) is 12.1 Å². The zero-order chi connectivity index (χ0) is 18.0. The molecule has 2 heterocycles. The maximum Gasteiger partial charge on any atom is 0.260 e. The van der Waals surface area contributed by atoms with Gasteiger partial charge in [-0.2, -0.15) is 0 Å². The Morgan fingerprint density at radius 3 is 2.48 bits per heavy atom. The molecule has 1 aromatic rings. The van der Waals surface area contributed by atoms with Gasteiger partial charge in [-0.15, -0.1) is 0 Å². The largest absolute Gasteiger partial charge is 0.493 e. The van der Waals surface area contributed by atoms with Crippen molar-refractivity contribution in [3.05, 3.63) is 23.3 Å². The van der Waals surface area contributed by atoms with Crippen molar-refractivity contribution in [3.63, 3.8) is 0 Å². The molecule has 0 bridgehead atoms. The molecule has 2 aliphatic heterocycles. The Balaban J connectivity index is 1.66. The van der Waals surface area contributed by atoms with Crippen molar-refractivity contribution in [1.82, 2.24) is 9.80 Å². The predicted molar refractivity (Wildman–Crippen MR) is 89.3 cm³/mol. The fraction of sp³-hybridized carbons (Fsp3) is 0.611. The van der Waals surface area contributed by atoms with E-state index in [2.05, 4.69) is 0 Å². The van der Waals surface area contributed by atoms with Crippen LogP contribution in [-0.2, 0) is 17.8 Å². The van der Waals surface area contributed by atoms with Gasteiger partial charge in [0.2, 0.25) is 5.91 Å². The standard InChI is InChI=1S/C18H24F2N2O3/c1-24-15-8-13-4-7-22(10-14(13)9-16(15)25-2)17(23)11-21-6-3-5-18(19,20)12-21/h8-9H,3-7,10-12H2,1-2H3. The smallest absolute Gasteiger partial charge is 0.260 e. The van der Waals surface area contributed by atoms with Crippen molar-refractivity contribution in [3.8, 4) is 11.5 Å². The number of fused-ring (bicyclic) bond motifs is 1. The highest BCUT2D eigenvalue weighted by Gasteiger charge is 2.36. The number of carbonyl (C=O) groups excluding carboxylic acids is 1. The van der Waals surface area contributed by atoms with Gasteiger partial charge in [-0.3, -0.25) is 9.69 Å². The van der Waals surface area contributed by atoms with E-state index >= 15 is 0 Å². The number of halogens is 2. The number of ether oxygens (including phenoxy) is 2. The fourth-order valence-corrected chi connectivity index (χ4v) is 3.57. The van der Waals surface area contributed by atoms with E-state index in [4.69, 9.17) is 9.47 Å². The van der Waals surface area contributed by atoms with Crippen LogP contribution in [0.3, 0.4) is 0 Å². The molecule has 0 radical (unpaired) electrons. The van der Waals surface area contributed by atoms with Crippen LogP contribution in [0.4, 0.5) is 8.78 Å². The van der Waals surface area contributed by atoms with Crippen LogP contribution >= 0.6 is 0 Å². The summed E-state index contributed by atoms with van der Waals surface area (Å²) in [5, 5.41) is 0. The van der Waals surface area contributed by atoms with Crippen molar-refractivity contribution < 1.29 is 23.0 Å². The summed E-state index contributed by atoms with van der Waals surface area (Å²) in [5.41, 5.74) is 2.15. The van der Waals surface area contributed by atoms with E-state index in [1.54, 1.807) is 24.0 Å². The molecule has 2 aliphatic rings. The first-order valence-electron chi connectivity index (χ1n) is 8.53. The normalized spacial score (nSPS) is 20.1. The van der Waals surface area contributed by atoms with Crippen LogP contribution in [0.1, 0.15) is 24.0 Å². The summed E-state index contributed by atoms with van der Waals surface area (Å²) in [6.07, 6.45) is 1.06. The molecule has 138 valence electrons. The minimum absolute atomic E-state index is 0.0538. The van der Waals surface area contributed by atoms with E-state index in [1.165, 1.54) is 0 Å². The van der Waals surface area contributed by atoms with Crippen LogP contribution in [0.5, 0.6) is 11.5 Å². The summed E-state index contributed by atoms with van der Waals surface area (Å²) in [6.45, 7) is 1.34. The Hall–Kier alpha value is -1.89. The molecule has 25 heavy (non-hydrogen) atoms. The fourth-order valence-electron chi connectivity index (χ4n) is 3.57. The molecular formula is C18H24F2N2O3. The third-order valence-electron chi connectivity index (χ3n) is 4.90. The number of hydrogen-bond acceptors (Lipinski definition) is 4. The molecular weight excluding hydrogens is 330 g/mol. The van der Waals surface area contributed by atoms with E-state index in [0.717, 1.165) is 17.5 Å². The summed E-state index contributed by atoms with van der Waals surface area (Å²) in [5.74, 6) is -1.47. The lowest BCUT2D eigenvalue weighted by atomic mass is 9.98. The maximum absolute atomic E-state index is 13.5. The van der Waals surface area contributed by atoms with Crippen LogP contribution < -0.4 is 9.47 Å². The molecule has 0 aromatic heterocycles. The molecule has 5 nitrogen and oxygen atoms in total. The summed E-state index contributed by atoms with van der Waals surface area (Å²) < 4.78 is 37.6. The number of nitrogens with zero attached hydrogens (tertiary/aromatic N) is 2. The molecule has 0 N–H and O–H groups in total. The number of piperidine rings is 1. The van der Waals surface area contributed by atoms with E-state index in [0.29, 0.717) is 37.6 Å². The Kier molecular flexibility index (Phi) is 5.13. The number of rotatable bonds is 4. The van der Waals surface area contributed by atoms with E-state index in [-0.39, 0.29) is 25.4 Å². The number of likely N-dealkylation sites (tertiary alicyclic amines) is 1. The van der Waals surface area contributed by atoms with Gasteiger partial charge in [-0.25, -0.2) is 8.78 Å². The quantitative estimate of drug-likeness (QED) is 0.832. The molecule has 0 spiro atoms. The lowest BCUT2D eigenvalue weighted by Gasteiger charge is -2.35. The molecule has 7 heteroatoms. The highest BCUT2D eigenvalue weighted by molar-refractivity contribution is 5.78. The van der Waals surface area contributed by atoms with Gasteiger partial charge in [0.15, 0.2) is 11.5 Å². The first kappa shape index (κ1) is 17.9. The zero-order valence-electron chi connectivity index (χ0n) is 14.7. The second kappa shape index (κ2) is 7.15. The molecule has 0 atom stereocenters. The molecule has 0 aliphatic carbocycles. The number of methoxy groups -OCH3 is 2. The van der Waals surface area contributed by atoms with Gasteiger partial charge in [-0.05, 0) is 42.6 Å². The number of amides is 1. The van der Waals surface area contributed by atoms with Crippen molar-refractivity contribution in [1.29, 1.82) is 0 Å². The van der Waals surface area contributed by atoms with E-state index in [1.807, 2.05) is 12.1 Å². The van der Waals surface area contributed by atoms with Gasteiger partial charge in [0.05, 0.1) is 27.3 Å². The maximum atomic E-state index is 13.5. The molecule has 1 fully saturated rings. The summed E-state index contributed by atoms with van der Waals surface area (Å²) in [6, 6.07) is 3.84. The van der Waals surface area contributed by atoms with Gasteiger partial charge in [0.25, 0.3) is 5.92 Å². The first-order valence-corrected chi connectivity index (χ1v) is 8.53. The molecule has 1 saturated heterocycles. The lowest BCUT2D eigenvalue weighted by molar-refractivity contribution is -0.136. The zero-order valence-corrected chi connectivity index (χ0v) is 14.7. The van der Waals surface area contributed by atoms with Crippen molar-refractivity contribution in [2.24, 2.45) is 0 Å². The third-order valence-corrected chi connectivity index (χ3v) is 4.90. The highest BCUT2D eigenvalue weighted by Crippen LogP contribution is 2.33. The Morgan fingerprint density at radius 2 is 1.84 bits per heavy atom. The number of hydrogen-bond donors (Lipinski definition) is 0.